The maximum Gasteiger partial charge on any atom is 0.237 e. The van der Waals surface area contributed by atoms with E-state index < -0.39 is 16.8 Å². The Kier molecular flexibility index (Phi) is 4.22. The largest absolute Gasteiger partial charge is 0.369 e. The third-order valence-electron chi connectivity index (χ3n) is 5.29. The van der Waals surface area contributed by atoms with Crippen LogP contribution < -0.4 is 11.1 Å². The number of carbonyl (C=O) groups excluding carboxylic acids is 1. The van der Waals surface area contributed by atoms with E-state index in [1.54, 1.807) is 40.0 Å². The van der Waals surface area contributed by atoms with Crippen molar-refractivity contribution in [3.8, 4) is 0 Å². The minimum atomic E-state index is -1.13. The summed E-state index contributed by atoms with van der Waals surface area (Å²) in [7, 11) is 1.58. The van der Waals surface area contributed by atoms with Gasteiger partial charge in [-0.2, -0.15) is 0 Å². The van der Waals surface area contributed by atoms with Crippen LogP contribution in [0.3, 0.4) is 0 Å². The maximum atomic E-state index is 14.8. The molecule has 1 aliphatic heterocycles. The fraction of sp³-hybridized carbons (Fsp3) is 0.300. The average Bonchev–Trinajstić information content (AvgIpc) is 2.61. The SMILES string of the molecule is CN1C(=O)C(C)(C)[C@@](C)(c2cc(Nc3ccccc3)ccc2F)N=C1N. The molecule has 2 aromatic rings. The number of amides is 1. The molecule has 1 atom stereocenters. The molecule has 3 rings (SSSR count). The Balaban J connectivity index is 2.10. The van der Waals surface area contributed by atoms with Crippen molar-refractivity contribution in [3.63, 3.8) is 0 Å². The van der Waals surface area contributed by atoms with Crippen LogP contribution in [0.5, 0.6) is 0 Å². The number of para-hydroxylation sites is 1. The van der Waals surface area contributed by atoms with E-state index in [0.717, 1.165) is 5.69 Å². The molecule has 26 heavy (non-hydrogen) atoms. The quantitative estimate of drug-likeness (QED) is 0.885. The first-order chi connectivity index (χ1) is 12.2. The Morgan fingerprint density at radius 3 is 2.38 bits per heavy atom. The van der Waals surface area contributed by atoms with Gasteiger partial charge in [0.1, 0.15) is 11.4 Å². The summed E-state index contributed by atoms with van der Waals surface area (Å²) >= 11 is 0. The highest BCUT2D eigenvalue weighted by atomic mass is 19.1. The van der Waals surface area contributed by atoms with Crippen molar-refractivity contribution >= 4 is 23.2 Å². The first-order valence-electron chi connectivity index (χ1n) is 8.42. The van der Waals surface area contributed by atoms with Gasteiger partial charge < -0.3 is 11.1 Å². The molecule has 2 aromatic carbocycles. The van der Waals surface area contributed by atoms with Gasteiger partial charge in [0.15, 0.2) is 5.96 Å². The Morgan fingerprint density at radius 1 is 1.08 bits per heavy atom. The van der Waals surface area contributed by atoms with E-state index in [9.17, 15) is 9.18 Å². The van der Waals surface area contributed by atoms with Gasteiger partial charge in [-0.3, -0.25) is 9.69 Å². The predicted octanol–water partition coefficient (Wildman–Crippen LogP) is 3.60. The normalized spacial score (nSPS) is 22.1. The van der Waals surface area contributed by atoms with E-state index >= 15 is 0 Å². The summed E-state index contributed by atoms with van der Waals surface area (Å²) in [6.07, 6.45) is 0. The van der Waals surface area contributed by atoms with Crippen LogP contribution in [0.1, 0.15) is 26.3 Å². The Morgan fingerprint density at radius 2 is 1.73 bits per heavy atom. The summed E-state index contributed by atoms with van der Waals surface area (Å²) in [6, 6.07) is 14.3. The summed E-state index contributed by atoms with van der Waals surface area (Å²) < 4.78 is 14.8. The summed E-state index contributed by atoms with van der Waals surface area (Å²) in [5.74, 6) is -0.543. The van der Waals surface area contributed by atoms with E-state index in [1.807, 2.05) is 30.3 Å². The van der Waals surface area contributed by atoms with Gasteiger partial charge in [-0.15, -0.1) is 0 Å². The van der Waals surface area contributed by atoms with Gasteiger partial charge in [0.05, 0.1) is 5.41 Å². The number of hydrogen-bond donors (Lipinski definition) is 2. The number of carbonyl (C=O) groups is 1. The van der Waals surface area contributed by atoms with Gasteiger partial charge in [-0.1, -0.05) is 18.2 Å². The van der Waals surface area contributed by atoms with Gasteiger partial charge in [0.2, 0.25) is 5.91 Å². The lowest BCUT2D eigenvalue weighted by atomic mass is 9.67. The highest BCUT2D eigenvalue weighted by molar-refractivity contribution is 6.01. The first kappa shape index (κ1) is 17.9. The molecular weight excluding hydrogens is 331 g/mol. The number of nitrogens with two attached hydrogens (primary N) is 1. The number of anilines is 2. The van der Waals surface area contributed by atoms with Crippen LogP contribution >= 0.6 is 0 Å². The maximum absolute atomic E-state index is 14.8. The summed E-state index contributed by atoms with van der Waals surface area (Å²) in [6.45, 7) is 5.27. The zero-order valence-corrected chi connectivity index (χ0v) is 15.4. The van der Waals surface area contributed by atoms with Crippen LogP contribution in [0.15, 0.2) is 53.5 Å². The monoisotopic (exact) mass is 354 g/mol. The second-order valence-corrected chi connectivity index (χ2v) is 7.22. The van der Waals surface area contributed by atoms with Crippen molar-refractivity contribution in [2.24, 2.45) is 16.1 Å². The number of nitrogens with zero attached hydrogens (tertiary/aromatic N) is 2. The molecule has 6 heteroatoms. The number of rotatable bonds is 3. The van der Waals surface area contributed by atoms with Crippen LogP contribution in [-0.4, -0.2) is 23.8 Å². The van der Waals surface area contributed by atoms with Gasteiger partial charge in [-0.25, -0.2) is 9.38 Å². The van der Waals surface area contributed by atoms with Crippen molar-refractivity contribution < 1.29 is 9.18 Å². The predicted molar refractivity (Wildman–Crippen MR) is 102 cm³/mol. The summed E-state index contributed by atoms with van der Waals surface area (Å²) in [5, 5.41) is 3.24. The molecule has 3 N–H and O–H groups in total. The molecule has 136 valence electrons. The molecule has 0 unspecified atom stereocenters. The highest BCUT2D eigenvalue weighted by Crippen LogP contribution is 2.47. The zero-order valence-electron chi connectivity index (χ0n) is 15.4. The van der Waals surface area contributed by atoms with E-state index in [2.05, 4.69) is 10.3 Å². The smallest absolute Gasteiger partial charge is 0.237 e. The van der Waals surface area contributed by atoms with E-state index in [4.69, 9.17) is 5.73 Å². The van der Waals surface area contributed by atoms with Crippen molar-refractivity contribution in [1.29, 1.82) is 0 Å². The van der Waals surface area contributed by atoms with Crippen LogP contribution in [0.2, 0.25) is 0 Å². The standard InChI is InChI=1S/C20H23FN4O/c1-19(2)17(26)25(4)18(22)24-20(19,3)15-12-14(10-11-16(15)21)23-13-8-6-5-7-9-13/h5-12,23H,1-4H3,(H2,22,24)/t20-/m1/s1. The van der Waals surface area contributed by atoms with Crippen molar-refractivity contribution in [3.05, 3.63) is 59.9 Å². The minimum Gasteiger partial charge on any atom is -0.369 e. The lowest BCUT2D eigenvalue weighted by molar-refractivity contribution is -0.140. The number of nitrogens with one attached hydrogen (secondary N) is 1. The van der Waals surface area contributed by atoms with Crippen LogP contribution in [0, 0.1) is 11.2 Å². The van der Waals surface area contributed by atoms with Crippen LogP contribution in [0.4, 0.5) is 15.8 Å². The number of hydrogen-bond acceptors (Lipinski definition) is 4. The van der Waals surface area contributed by atoms with Gasteiger partial charge in [-0.05, 0) is 51.1 Å². The first-order valence-corrected chi connectivity index (χ1v) is 8.42. The molecule has 0 aromatic heterocycles. The molecule has 0 aliphatic carbocycles. The third kappa shape index (κ3) is 2.71. The topological polar surface area (TPSA) is 70.7 Å². The van der Waals surface area contributed by atoms with Crippen molar-refractivity contribution in [1.82, 2.24) is 4.90 Å². The molecule has 0 bridgehead atoms. The number of benzene rings is 2. The second kappa shape index (κ2) is 6.12. The van der Waals surface area contributed by atoms with Gasteiger partial charge in [0.25, 0.3) is 0 Å². The number of aliphatic imine (C=N–C) groups is 1. The minimum absolute atomic E-state index is 0.0812. The second-order valence-electron chi connectivity index (χ2n) is 7.22. The van der Waals surface area contributed by atoms with Crippen LogP contribution in [0.25, 0.3) is 0 Å². The molecule has 5 nitrogen and oxygen atoms in total. The molecule has 1 heterocycles. The highest BCUT2D eigenvalue weighted by Gasteiger charge is 2.53. The number of halogens is 1. The fourth-order valence-electron chi connectivity index (χ4n) is 3.24. The van der Waals surface area contributed by atoms with E-state index in [-0.39, 0.29) is 11.9 Å². The van der Waals surface area contributed by atoms with Crippen molar-refractivity contribution in [2.45, 2.75) is 26.3 Å². The molecule has 0 spiro atoms. The fourth-order valence-corrected chi connectivity index (χ4v) is 3.24. The Labute approximate surface area is 152 Å². The Bertz CT molecular complexity index is 879. The summed E-state index contributed by atoms with van der Waals surface area (Å²) in [5.41, 5.74) is 5.77. The third-order valence-corrected chi connectivity index (χ3v) is 5.29. The van der Waals surface area contributed by atoms with Gasteiger partial charge in [0, 0.05) is 24.0 Å². The molecule has 0 radical (unpaired) electrons. The zero-order chi connectivity index (χ0) is 19.1. The lowest BCUT2D eigenvalue weighted by Gasteiger charge is -2.46. The average molecular weight is 354 g/mol. The molecule has 1 amide bonds. The molecule has 0 saturated carbocycles. The lowest BCUT2D eigenvalue weighted by Crippen LogP contribution is -2.58. The Hall–Kier alpha value is -2.89. The van der Waals surface area contributed by atoms with Gasteiger partial charge >= 0.3 is 0 Å². The molecular formula is C20H23FN4O. The molecule has 0 saturated heterocycles. The molecule has 1 aliphatic rings. The van der Waals surface area contributed by atoms with E-state index in [0.29, 0.717) is 11.3 Å². The van der Waals surface area contributed by atoms with Crippen molar-refractivity contribution in [2.75, 3.05) is 12.4 Å². The number of guanidine groups is 1. The van der Waals surface area contributed by atoms with E-state index in [1.165, 1.54) is 11.0 Å². The summed E-state index contributed by atoms with van der Waals surface area (Å²) in [4.78, 5) is 18.6. The molecule has 0 fully saturated rings. The van der Waals surface area contributed by atoms with Crippen LogP contribution in [-0.2, 0) is 10.3 Å².